The summed E-state index contributed by atoms with van der Waals surface area (Å²) < 4.78 is 19.2. The highest BCUT2D eigenvalue weighted by Gasteiger charge is 2.20. The minimum Gasteiger partial charge on any atom is -0.456 e. The van der Waals surface area contributed by atoms with Crippen molar-refractivity contribution in [3.05, 3.63) is 182 Å². The van der Waals surface area contributed by atoms with Crippen molar-refractivity contribution in [2.75, 3.05) is 4.90 Å². The van der Waals surface area contributed by atoms with Gasteiger partial charge in [0.25, 0.3) is 0 Å². The maximum atomic E-state index is 6.56. The van der Waals surface area contributed by atoms with Crippen molar-refractivity contribution < 1.29 is 13.3 Å². The molecule has 8 aromatic carbocycles. The van der Waals surface area contributed by atoms with E-state index in [1.54, 1.807) is 0 Å². The molecule has 0 spiro atoms. The summed E-state index contributed by atoms with van der Waals surface area (Å²) in [6.07, 6.45) is 0. The Balaban J connectivity index is 1.07. The van der Waals surface area contributed by atoms with Crippen LogP contribution in [0.1, 0.15) is 0 Å². The van der Waals surface area contributed by atoms with E-state index in [0.717, 1.165) is 94.3 Å². The Kier molecular flexibility index (Phi) is 6.79. The Morgan fingerprint density at radius 2 is 1.04 bits per heavy atom. The highest BCUT2D eigenvalue weighted by molar-refractivity contribution is 6.17. The number of benzene rings is 8. The van der Waals surface area contributed by atoms with Crippen molar-refractivity contribution >= 4 is 72.0 Å². The molecule has 0 unspecified atom stereocenters. The zero-order valence-electron chi connectivity index (χ0n) is 28.9. The van der Waals surface area contributed by atoms with Crippen molar-refractivity contribution in [3.8, 4) is 33.7 Å². The first-order valence-electron chi connectivity index (χ1n) is 18.0. The number of furan rings is 2. The van der Waals surface area contributed by atoms with Gasteiger partial charge in [-0.15, -0.1) is 0 Å². The Bertz CT molecular complexity index is 3160. The molecule has 0 saturated heterocycles. The molecule has 0 N–H and O–H groups in total. The monoisotopic (exact) mass is 694 g/mol. The van der Waals surface area contributed by atoms with Gasteiger partial charge in [-0.25, -0.2) is 4.98 Å². The van der Waals surface area contributed by atoms with E-state index in [2.05, 4.69) is 126 Å². The van der Waals surface area contributed by atoms with Gasteiger partial charge < -0.3 is 18.2 Å². The van der Waals surface area contributed by atoms with E-state index in [0.29, 0.717) is 5.89 Å². The van der Waals surface area contributed by atoms with Crippen molar-refractivity contribution in [3.63, 3.8) is 0 Å². The van der Waals surface area contributed by atoms with Crippen LogP contribution in [0.5, 0.6) is 0 Å². The second-order valence-electron chi connectivity index (χ2n) is 13.5. The molecule has 0 amide bonds. The predicted octanol–water partition coefficient (Wildman–Crippen LogP) is 14.1. The predicted molar refractivity (Wildman–Crippen MR) is 220 cm³/mol. The van der Waals surface area contributed by atoms with Crippen LogP contribution in [0.15, 0.2) is 195 Å². The van der Waals surface area contributed by atoms with Gasteiger partial charge in [0.15, 0.2) is 5.58 Å². The largest absolute Gasteiger partial charge is 0.456 e. The molecule has 54 heavy (non-hydrogen) atoms. The minimum absolute atomic E-state index is 0.590. The van der Waals surface area contributed by atoms with Gasteiger partial charge in [-0.3, -0.25) is 0 Å². The average molecular weight is 695 g/mol. The van der Waals surface area contributed by atoms with Crippen LogP contribution >= 0.6 is 0 Å². The average Bonchev–Trinajstić information content (AvgIpc) is 3.95. The summed E-state index contributed by atoms with van der Waals surface area (Å²) in [5.74, 6) is 0.590. The van der Waals surface area contributed by atoms with Crippen molar-refractivity contribution in [1.82, 2.24) is 4.98 Å². The molecule has 5 heteroatoms. The third kappa shape index (κ3) is 4.90. The summed E-state index contributed by atoms with van der Waals surface area (Å²) in [7, 11) is 0. The van der Waals surface area contributed by atoms with E-state index in [9.17, 15) is 0 Å². The number of para-hydroxylation sites is 2. The lowest BCUT2D eigenvalue weighted by atomic mass is 10.0. The SMILES string of the molecule is c1ccc(-c2ccc(N(c3cccc(-c4cccc5c4oc4ccccc45)c3)c3ccc4c(c3)oc3ccc5oc(-c6ccccc6)nc5c34)cc2)cc1. The van der Waals surface area contributed by atoms with Crippen LogP contribution in [0.2, 0.25) is 0 Å². The molecule has 0 saturated carbocycles. The Morgan fingerprint density at radius 1 is 0.370 bits per heavy atom. The van der Waals surface area contributed by atoms with Gasteiger partial charge in [-0.05, 0) is 83.4 Å². The van der Waals surface area contributed by atoms with Gasteiger partial charge in [0, 0.05) is 50.4 Å². The van der Waals surface area contributed by atoms with Gasteiger partial charge >= 0.3 is 0 Å². The highest BCUT2D eigenvalue weighted by Crippen LogP contribution is 2.43. The number of anilines is 3. The molecule has 0 aliphatic heterocycles. The molecule has 3 aromatic heterocycles. The van der Waals surface area contributed by atoms with E-state index in [1.807, 2.05) is 60.7 Å². The summed E-state index contributed by atoms with van der Waals surface area (Å²) in [5, 5.41) is 4.15. The number of oxazole rings is 1. The second kappa shape index (κ2) is 12.1. The van der Waals surface area contributed by atoms with Crippen molar-refractivity contribution in [2.24, 2.45) is 0 Å². The normalized spacial score (nSPS) is 11.7. The Hall–Kier alpha value is -7.37. The summed E-state index contributed by atoms with van der Waals surface area (Å²) >= 11 is 0. The van der Waals surface area contributed by atoms with E-state index >= 15 is 0 Å². The summed E-state index contributed by atoms with van der Waals surface area (Å²) in [4.78, 5) is 7.23. The zero-order chi connectivity index (χ0) is 35.6. The van der Waals surface area contributed by atoms with E-state index < -0.39 is 0 Å². The molecule has 0 atom stereocenters. The van der Waals surface area contributed by atoms with Crippen LogP contribution < -0.4 is 4.90 Å². The minimum atomic E-state index is 0.590. The van der Waals surface area contributed by atoms with Gasteiger partial charge in [0.1, 0.15) is 27.8 Å². The molecule has 0 aliphatic rings. The van der Waals surface area contributed by atoms with Gasteiger partial charge in [0.2, 0.25) is 5.89 Å². The molecular formula is C49H30N2O3. The van der Waals surface area contributed by atoms with Gasteiger partial charge in [0.05, 0.1) is 5.39 Å². The summed E-state index contributed by atoms with van der Waals surface area (Å²) in [6, 6.07) is 62.8. The molecule has 0 bridgehead atoms. The van der Waals surface area contributed by atoms with Crippen LogP contribution in [0.4, 0.5) is 17.1 Å². The maximum absolute atomic E-state index is 6.56. The number of hydrogen-bond acceptors (Lipinski definition) is 5. The first kappa shape index (κ1) is 30.3. The molecular weight excluding hydrogens is 665 g/mol. The first-order chi connectivity index (χ1) is 26.7. The molecule has 5 nitrogen and oxygen atoms in total. The Morgan fingerprint density at radius 3 is 1.89 bits per heavy atom. The lowest BCUT2D eigenvalue weighted by Crippen LogP contribution is -2.10. The molecule has 0 aliphatic carbocycles. The van der Waals surface area contributed by atoms with E-state index in [1.165, 1.54) is 5.56 Å². The lowest BCUT2D eigenvalue weighted by molar-refractivity contribution is 0.619. The maximum Gasteiger partial charge on any atom is 0.227 e. The van der Waals surface area contributed by atoms with E-state index in [-0.39, 0.29) is 0 Å². The molecule has 254 valence electrons. The van der Waals surface area contributed by atoms with Crippen LogP contribution in [-0.4, -0.2) is 4.98 Å². The molecule has 11 aromatic rings. The number of hydrogen-bond donors (Lipinski definition) is 0. The molecule has 3 heterocycles. The van der Waals surface area contributed by atoms with Crippen LogP contribution in [0.3, 0.4) is 0 Å². The van der Waals surface area contributed by atoms with Crippen LogP contribution in [0, 0.1) is 0 Å². The summed E-state index contributed by atoms with van der Waals surface area (Å²) in [5.41, 5.74) is 13.2. The fourth-order valence-electron chi connectivity index (χ4n) is 7.75. The van der Waals surface area contributed by atoms with Crippen molar-refractivity contribution in [1.29, 1.82) is 0 Å². The standard InChI is InChI=1S/C49H30N2O3/c1-3-11-31(12-4-1)32-21-23-35(24-22-32)51(36-16-9-15-34(29-36)38-18-10-19-40-39-17-7-8-20-42(39)53-48(38)40)37-25-26-41-45(30-37)52-43-27-28-44-47(46(41)43)50-49(54-44)33-13-5-2-6-14-33/h1-30H. The topological polar surface area (TPSA) is 55.6 Å². The molecule has 0 radical (unpaired) electrons. The quantitative estimate of drug-likeness (QED) is 0.173. The van der Waals surface area contributed by atoms with Crippen molar-refractivity contribution in [2.45, 2.75) is 0 Å². The highest BCUT2D eigenvalue weighted by atomic mass is 16.4. The van der Waals surface area contributed by atoms with E-state index in [4.69, 9.17) is 18.2 Å². The van der Waals surface area contributed by atoms with Gasteiger partial charge in [-0.2, -0.15) is 0 Å². The fraction of sp³-hybridized carbons (Fsp3) is 0. The third-order valence-electron chi connectivity index (χ3n) is 10.3. The zero-order valence-corrected chi connectivity index (χ0v) is 28.9. The number of nitrogens with zero attached hydrogens (tertiary/aromatic N) is 2. The second-order valence-corrected chi connectivity index (χ2v) is 13.5. The number of rotatable bonds is 6. The smallest absolute Gasteiger partial charge is 0.227 e. The Labute approximate surface area is 309 Å². The molecule has 0 fully saturated rings. The molecule has 11 rings (SSSR count). The van der Waals surface area contributed by atoms with Gasteiger partial charge in [-0.1, -0.05) is 109 Å². The number of fused-ring (bicyclic) bond motifs is 8. The fourth-order valence-corrected chi connectivity index (χ4v) is 7.75. The number of aromatic nitrogens is 1. The van der Waals surface area contributed by atoms with Crippen LogP contribution in [0.25, 0.3) is 88.7 Å². The summed E-state index contributed by atoms with van der Waals surface area (Å²) in [6.45, 7) is 0. The third-order valence-corrected chi connectivity index (χ3v) is 10.3. The first-order valence-corrected chi connectivity index (χ1v) is 18.0. The lowest BCUT2D eigenvalue weighted by Gasteiger charge is -2.26. The van der Waals surface area contributed by atoms with Crippen LogP contribution in [-0.2, 0) is 0 Å².